The van der Waals surface area contributed by atoms with Gasteiger partial charge in [-0.1, -0.05) is 42.5 Å². The first-order chi connectivity index (χ1) is 9.49. The second kappa shape index (κ2) is 5.63. The van der Waals surface area contributed by atoms with Crippen LogP contribution in [0.25, 0.3) is 10.8 Å². The van der Waals surface area contributed by atoms with E-state index in [9.17, 15) is 4.79 Å². The van der Waals surface area contributed by atoms with Crippen molar-refractivity contribution in [2.45, 2.75) is 32.4 Å². The quantitative estimate of drug-likeness (QED) is 0.868. The van der Waals surface area contributed by atoms with E-state index < -0.39 is 5.54 Å². The molecule has 0 amide bonds. The SMILES string of the molecule is COC(=O)C(C)(NC(C)C)c1cccc2ccccc12. The molecule has 106 valence electrons. The molecule has 20 heavy (non-hydrogen) atoms. The van der Waals surface area contributed by atoms with Gasteiger partial charge in [-0.3, -0.25) is 5.32 Å². The maximum Gasteiger partial charge on any atom is 0.330 e. The molecule has 1 unspecified atom stereocenters. The van der Waals surface area contributed by atoms with E-state index in [1.807, 2.05) is 63.2 Å². The second-order valence-electron chi connectivity index (χ2n) is 5.44. The molecule has 0 fully saturated rings. The van der Waals surface area contributed by atoms with Crippen LogP contribution in [0.4, 0.5) is 0 Å². The van der Waals surface area contributed by atoms with Gasteiger partial charge in [-0.15, -0.1) is 0 Å². The Morgan fingerprint density at radius 1 is 1.15 bits per heavy atom. The molecule has 3 heteroatoms. The lowest BCUT2D eigenvalue weighted by Crippen LogP contribution is -2.50. The summed E-state index contributed by atoms with van der Waals surface area (Å²) < 4.78 is 5.02. The van der Waals surface area contributed by atoms with Gasteiger partial charge in [-0.05, 0) is 37.1 Å². The minimum Gasteiger partial charge on any atom is -0.467 e. The average Bonchev–Trinajstić information content (AvgIpc) is 2.44. The lowest BCUT2D eigenvalue weighted by atomic mass is 9.87. The van der Waals surface area contributed by atoms with Crippen molar-refractivity contribution in [2.24, 2.45) is 0 Å². The Hall–Kier alpha value is -1.87. The molecule has 0 spiro atoms. The van der Waals surface area contributed by atoms with Crippen molar-refractivity contribution in [3.8, 4) is 0 Å². The van der Waals surface area contributed by atoms with Crippen LogP contribution in [0, 0.1) is 0 Å². The van der Waals surface area contributed by atoms with Crippen LogP contribution in [0.1, 0.15) is 26.3 Å². The third kappa shape index (κ3) is 2.54. The van der Waals surface area contributed by atoms with Gasteiger partial charge in [0.1, 0.15) is 5.54 Å². The van der Waals surface area contributed by atoms with Gasteiger partial charge in [-0.25, -0.2) is 4.79 Å². The number of nitrogens with one attached hydrogen (secondary N) is 1. The van der Waals surface area contributed by atoms with Gasteiger partial charge >= 0.3 is 5.97 Å². The molecule has 0 aromatic heterocycles. The summed E-state index contributed by atoms with van der Waals surface area (Å²) in [5, 5.41) is 5.52. The molecule has 0 aliphatic rings. The number of benzene rings is 2. The molecule has 0 saturated heterocycles. The van der Waals surface area contributed by atoms with Crippen molar-refractivity contribution >= 4 is 16.7 Å². The fraction of sp³-hybridized carbons (Fsp3) is 0.353. The van der Waals surface area contributed by atoms with Gasteiger partial charge in [0.05, 0.1) is 7.11 Å². The van der Waals surface area contributed by atoms with Crippen LogP contribution in [0.3, 0.4) is 0 Å². The van der Waals surface area contributed by atoms with Gasteiger partial charge in [0.15, 0.2) is 0 Å². The van der Waals surface area contributed by atoms with Crippen molar-refractivity contribution < 1.29 is 9.53 Å². The molecular formula is C17H21NO2. The number of carbonyl (C=O) groups excluding carboxylic acids is 1. The van der Waals surface area contributed by atoms with E-state index in [1.165, 1.54) is 7.11 Å². The van der Waals surface area contributed by atoms with Gasteiger partial charge in [0.2, 0.25) is 0 Å². The Morgan fingerprint density at radius 3 is 2.45 bits per heavy atom. The van der Waals surface area contributed by atoms with E-state index >= 15 is 0 Å². The third-order valence-corrected chi connectivity index (χ3v) is 3.50. The Morgan fingerprint density at radius 2 is 1.80 bits per heavy atom. The molecular weight excluding hydrogens is 250 g/mol. The molecule has 0 aliphatic carbocycles. The molecule has 2 aromatic rings. The first-order valence-corrected chi connectivity index (χ1v) is 6.83. The van der Waals surface area contributed by atoms with Gasteiger partial charge in [-0.2, -0.15) is 0 Å². The Balaban J connectivity index is 2.65. The fourth-order valence-electron chi connectivity index (χ4n) is 2.69. The topological polar surface area (TPSA) is 38.3 Å². The third-order valence-electron chi connectivity index (χ3n) is 3.50. The Bertz CT molecular complexity index is 616. The van der Waals surface area contributed by atoms with E-state index in [-0.39, 0.29) is 12.0 Å². The predicted molar refractivity (Wildman–Crippen MR) is 81.6 cm³/mol. The van der Waals surface area contributed by atoms with Crippen molar-refractivity contribution in [3.63, 3.8) is 0 Å². The zero-order valence-corrected chi connectivity index (χ0v) is 12.4. The highest BCUT2D eigenvalue weighted by molar-refractivity contribution is 5.93. The van der Waals surface area contributed by atoms with E-state index in [4.69, 9.17) is 4.74 Å². The maximum absolute atomic E-state index is 12.3. The zero-order valence-electron chi connectivity index (χ0n) is 12.4. The molecule has 1 N–H and O–H groups in total. The number of ether oxygens (including phenoxy) is 1. The minimum absolute atomic E-state index is 0.165. The summed E-state index contributed by atoms with van der Waals surface area (Å²) in [6.07, 6.45) is 0. The summed E-state index contributed by atoms with van der Waals surface area (Å²) in [6.45, 7) is 5.92. The molecule has 0 aliphatic heterocycles. The first kappa shape index (κ1) is 14.5. The minimum atomic E-state index is -0.857. The van der Waals surface area contributed by atoms with E-state index in [1.54, 1.807) is 0 Å². The van der Waals surface area contributed by atoms with Crippen LogP contribution in [0.2, 0.25) is 0 Å². The second-order valence-corrected chi connectivity index (χ2v) is 5.44. The predicted octanol–water partition coefficient (Wildman–Crippen LogP) is 3.23. The van der Waals surface area contributed by atoms with E-state index in [0.29, 0.717) is 0 Å². The Labute approximate surface area is 119 Å². The van der Waals surface area contributed by atoms with Crippen LogP contribution in [0.15, 0.2) is 42.5 Å². The van der Waals surface area contributed by atoms with Crippen LogP contribution in [0.5, 0.6) is 0 Å². The normalized spacial score (nSPS) is 14.2. The number of carbonyl (C=O) groups is 1. The molecule has 0 bridgehead atoms. The molecule has 0 heterocycles. The lowest BCUT2D eigenvalue weighted by molar-refractivity contribution is -0.148. The smallest absolute Gasteiger partial charge is 0.330 e. The van der Waals surface area contributed by atoms with E-state index in [2.05, 4.69) is 5.32 Å². The van der Waals surface area contributed by atoms with Crippen LogP contribution in [-0.4, -0.2) is 19.1 Å². The molecule has 0 radical (unpaired) electrons. The number of methoxy groups -OCH3 is 1. The number of rotatable bonds is 4. The molecule has 3 nitrogen and oxygen atoms in total. The van der Waals surface area contributed by atoms with Crippen LogP contribution >= 0.6 is 0 Å². The van der Waals surface area contributed by atoms with Gasteiger partial charge in [0.25, 0.3) is 0 Å². The summed E-state index contributed by atoms with van der Waals surface area (Å²) in [5.74, 6) is -0.275. The molecule has 2 aromatic carbocycles. The van der Waals surface area contributed by atoms with E-state index in [0.717, 1.165) is 16.3 Å². The molecule has 2 rings (SSSR count). The first-order valence-electron chi connectivity index (χ1n) is 6.83. The maximum atomic E-state index is 12.3. The highest BCUT2D eigenvalue weighted by Crippen LogP contribution is 2.30. The summed E-state index contributed by atoms with van der Waals surface area (Å²) in [7, 11) is 1.42. The summed E-state index contributed by atoms with van der Waals surface area (Å²) in [6, 6.07) is 14.2. The molecule has 1 atom stereocenters. The van der Waals surface area contributed by atoms with Crippen molar-refractivity contribution in [2.75, 3.05) is 7.11 Å². The highest BCUT2D eigenvalue weighted by Gasteiger charge is 2.37. The number of hydrogen-bond donors (Lipinski definition) is 1. The van der Waals surface area contributed by atoms with Crippen molar-refractivity contribution in [1.29, 1.82) is 0 Å². The van der Waals surface area contributed by atoms with Gasteiger partial charge < -0.3 is 4.74 Å². The number of hydrogen-bond acceptors (Lipinski definition) is 3. The largest absolute Gasteiger partial charge is 0.467 e. The van der Waals surface area contributed by atoms with Gasteiger partial charge in [0, 0.05) is 6.04 Å². The summed E-state index contributed by atoms with van der Waals surface area (Å²) in [4.78, 5) is 12.3. The van der Waals surface area contributed by atoms with Crippen LogP contribution < -0.4 is 5.32 Å². The highest BCUT2D eigenvalue weighted by atomic mass is 16.5. The Kier molecular flexibility index (Phi) is 4.09. The number of fused-ring (bicyclic) bond motifs is 1. The average molecular weight is 271 g/mol. The summed E-state index contributed by atoms with van der Waals surface area (Å²) >= 11 is 0. The lowest BCUT2D eigenvalue weighted by Gasteiger charge is -2.31. The fourth-order valence-corrected chi connectivity index (χ4v) is 2.69. The van der Waals surface area contributed by atoms with Crippen LogP contribution in [-0.2, 0) is 15.1 Å². The number of esters is 1. The van der Waals surface area contributed by atoms with Crippen molar-refractivity contribution in [1.82, 2.24) is 5.32 Å². The zero-order chi connectivity index (χ0) is 14.8. The molecule has 0 saturated carbocycles. The van der Waals surface area contributed by atoms with Crippen molar-refractivity contribution in [3.05, 3.63) is 48.0 Å². The summed E-state index contributed by atoms with van der Waals surface area (Å²) in [5.41, 5.74) is 0.0835. The standard InChI is InChI=1S/C17H21NO2/c1-12(2)18-17(3,16(19)20-4)15-11-7-9-13-8-5-6-10-14(13)15/h5-12,18H,1-4H3. The monoisotopic (exact) mass is 271 g/mol.